The summed E-state index contributed by atoms with van der Waals surface area (Å²) in [6, 6.07) is 7.32. The summed E-state index contributed by atoms with van der Waals surface area (Å²) in [5.41, 5.74) is -0.135. The van der Waals surface area contributed by atoms with Gasteiger partial charge < -0.3 is 10.4 Å². The number of halogens is 3. The lowest BCUT2D eigenvalue weighted by molar-refractivity contribution is -0.141. The number of aromatic hydroxyl groups is 1. The van der Waals surface area contributed by atoms with E-state index in [1.807, 2.05) is 0 Å². The Balaban J connectivity index is 1.67. The number of aryl methyl sites for hydroxylation is 1. The van der Waals surface area contributed by atoms with Gasteiger partial charge in [0.25, 0.3) is 0 Å². The fourth-order valence-corrected chi connectivity index (χ4v) is 2.46. The zero-order valence-corrected chi connectivity index (χ0v) is 12.7. The minimum atomic E-state index is -4.49. The van der Waals surface area contributed by atoms with Crippen LogP contribution in [0.15, 0.2) is 30.3 Å². The van der Waals surface area contributed by atoms with E-state index in [1.165, 1.54) is 10.7 Å². The van der Waals surface area contributed by atoms with Crippen molar-refractivity contribution in [3.63, 3.8) is 0 Å². The van der Waals surface area contributed by atoms with Gasteiger partial charge in [-0.3, -0.25) is 9.48 Å². The van der Waals surface area contributed by atoms with Crippen molar-refractivity contribution in [3.8, 4) is 5.75 Å². The Morgan fingerprint density at radius 1 is 1.33 bits per heavy atom. The van der Waals surface area contributed by atoms with Gasteiger partial charge in [0.1, 0.15) is 5.75 Å². The van der Waals surface area contributed by atoms with Crippen LogP contribution in [0.3, 0.4) is 0 Å². The maximum Gasteiger partial charge on any atom is 0.435 e. The summed E-state index contributed by atoms with van der Waals surface area (Å²) in [6.45, 7) is 0.0569. The van der Waals surface area contributed by atoms with Crippen LogP contribution in [0.4, 0.5) is 18.9 Å². The fraction of sp³-hybridized carbons (Fsp3) is 0.375. The number of amides is 1. The van der Waals surface area contributed by atoms with Crippen molar-refractivity contribution in [2.75, 3.05) is 5.32 Å². The van der Waals surface area contributed by atoms with Crippen LogP contribution in [0.2, 0.25) is 0 Å². The van der Waals surface area contributed by atoms with Gasteiger partial charge in [-0.2, -0.15) is 18.3 Å². The van der Waals surface area contributed by atoms with E-state index < -0.39 is 17.8 Å². The van der Waals surface area contributed by atoms with Gasteiger partial charge in [0, 0.05) is 24.6 Å². The molecule has 0 bridgehead atoms. The maximum absolute atomic E-state index is 12.8. The third-order valence-corrected chi connectivity index (χ3v) is 3.83. The average molecular weight is 339 g/mol. The second kappa shape index (κ2) is 6.18. The minimum absolute atomic E-state index is 0.0347. The molecule has 2 aromatic rings. The molecule has 0 aliphatic heterocycles. The van der Waals surface area contributed by atoms with Crippen LogP contribution in [0.5, 0.6) is 5.75 Å². The number of nitrogens with one attached hydrogen (secondary N) is 1. The summed E-state index contributed by atoms with van der Waals surface area (Å²) in [5.74, 6) is -0.375. The lowest BCUT2D eigenvalue weighted by Gasteiger charge is -2.09. The monoisotopic (exact) mass is 339 g/mol. The number of hydrogen-bond acceptors (Lipinski definition) is 3. The first-order valence-electron chi connectivity index (χ1n) is 7.57. The zero-order valence-electron chi connectivity index (χ0n) is 12.7. The molecule has 1 amide bonds. The van der Waals surface area contributed by atoms with Crippen molar-refractivity contribution >= 4 is 11.6 Å². The van der Waals surface area contributed by atoms with Gasteiger partial charge in [0.05, 0.1) is 5.69 Å². The van der Waals surface area contributed by atoms with Gasteiger partial charge in [-0.05, 0) is 31.0 Å². The summed E-state index contributed by atoms with van der Waals surface area (Å²) >= 11 is 0. The Bertz CT molecular complexity index is 751. The predicted molar refractivity (Wildman–Crippen MR) is 80.6 cm³/mol. The highest BCUT2D eigenvalue weighted by molar-refractivity contribution is 5.92. The summed E-state index contributed by atoms with van der Waals surface area (Å²) < 4.78 is 39.7. The first-order chi connectivity index (χ1) is 11.3. The quantitative estimate of drug-likeness (QED) is 0.819. The van der Waals surface area contributed by atoms with E-state index >= 15 is 0 Å². The second-order valence-electron chi connectivity index (χ2n) is 5.76. The van der Waals surface area contributed by atoms with E-state index in [-0.39, 0.29) is 30.3 Å². The number of aromatic nitrogens is 2. The molecule has 0 atom stereocenters. The van der Waals surface area contributed by atoms with Crippen molar-refractivity contribution < 1.29 is 23.1 Å². The number of phenols is 1. The number of nitrogens with zero attached hydrogens (tertiary/aromatic N) is 2. The van der Waals surface area contributed by atoms with E-state index in [4.69, 9.17) is 0 Å². The highest BCUT2D eigenvalue weighted by Crippen LogP contribution is 2.42. The Labute approximate surface area is 136 Å². The molecule has 1 heterocycles. The molecule has 128 valence electrons. The van der Waals surface area contributed by atoms with Gasteiger partial charge in [-0.1, -0.05) is 12.1 Å². The molecule has 3 rings (SSSR count). The molecule has 1 aliphatic carbocycles. The molecule has 1 aromatic carbocycles. The van der Waals surface area contributed by atoms with Gasteiger partial charge in [0.2, 0.25) is 5.91 Å². The van der Waals surface area contributed by atoms with Crippen LogP contribution < -0.4 is 5.32 Å². The topological polar surface area (TPSA) is 67.2 Å². The molecular formula is C16H16F3N3O2. The molecule has 24 heavy (non-hydrogen) atoms. The van der Waals surface area contributed by atoms with Crippen LogP contribution in [0.1, 0.15) is 36.6 Å². The second-order valence-corrected chi connectivity index (χ2v) is 5.76. The molecule has 5 nitrogen and oxygen atoms in total. The number of anilines is 1. The molecule has 0 radical (unpaired) electrons. The molecular weight excluding hydrogens is 323 g/mol. The maximum atomic E-state index is 12.8. The van der Waals surface area contributed by atoms with Gasteiger partial charge in [0.15, 0.2) is 5.69 Å². The molecule has 0 spiro atoms. The van der Waals surface area contributed by atoms with Crippen molar-refractivity contribution in [2.24, 2.45) is 0 Å². The molecule has 1 aliphatic rings. The van der Waals surface area contributed by atoms with Crippen molar-refractivity contribution in [3.05, 3.63) is 41.7 Å². The molecule has 0 unspecified atom stereocenters. The van der Waals surface area contributed by atoms with E-state index in [2.05, 4.69) is 10.4 Å². The van der Waals surface area contributed by atoms with Crippen LogP contribution in [-0.4, -0.2) is 20.8 Å². The third-order valence-electron chi connectivity index (χ3n) is 3.83. The summed E-state index contributed by atoms with van der Waals surface area (Å²) in [7, 11) is 0. The average Bonchev–Trinajstić information content (AvgIpc) is 3.26. The highest BCUT2D eigenvalue weighted by Gasteiger charge is 2.37. The van der Waals surface area contributed by atoms with E-state index in [0.717, 1.165) is 18.9 Å². The highest BCUT2D eigenvalue weighted by atomic mass is 19.4. The zero-order chi connectivity index (χ0) is 17.3. The standard InChI is InChI=1S/C16H16F3N3O2/c17-16(18,19)14-9-12(10-5-6-10)22(21-14)8-7-15(24)20-11-3-1-2-4-13(11)23/h1-4,9-10,23H,5-8H2,(H,20,24). The predicted octanol–water partition coefficient (Wildman–Crippen LogP) is 3.51. The number of carbonyl (C=O) groups excluding carboxylic acids is 1. The molecule has 0 saturated heterocycles. The SMILES string of the molecule is O=C(CCn1nc(C(F)(F)F)cc1C1CC1)Nc1ccccc1O. The number of benzene rings is 1. The number of alkyl halides is 3. The summed E-state index contributed by atoms with van der Waals surface area (Å²) in [6.07, 6.45) is -2.85. The molecule has 1 fully saturated rings. The molecule has 1 aromatic heterocycles. The lowest BCUT2D eigenvalue weighted by Crippen LogP contribution is -2.16. The van der Waals surface area contributed by atoms with Crippen LogP contribution >= 0.6 is 0 Å². The Morgan fingerprint density at radius 2 is 2.04 bits per heavy atom. The van der Waals surface area contributed by atoms with E-state index in [1.54, 1.807) is 18.2 Å². The first-order valence-corrected chi connectivity index (χ1v) is 7.57. The van der Waals surface area contributed by atoms with Crippen LogP contribution in [0.25, 0.3) is 0 Å². The van der Waals surface area contributed by atoms with E-state index in [9.17, 15) is 23.1 Å². The minimum Gasteiger partial charge on any atom is -0.506 e. The lowest BCUT2D eigenvalue weighted by atomic mass is 10.2. The van der Waals surface area contributed by atoms with Crippen LogP contribution in [-0.2, 0) is 17.5 Å². The van der Waals surface area contributed by atoms with Gasteiger partial charge in [-0.25, -0.2) is 0 Å². The smallest absolute Gasteiger partial charge is 0.435 e. The first kappa shape index (κ1) is 16.4. The molecule has 1 saturated carbocycles. The Kier molecular flexibility index (Phi) is 4.21. The fourth-order valence-electron chi connectivity index (χ4n) is 2.46. The largest absolute Gasteiger partial charge is 0.506 e. The van der Waals surface area contributed by atoms with Crippen LogP contribution in [0, 0.1) is 0 Å². The normalized spacial score (nSPS) is 14.6. The van der Waals surface area contributed by atoms with Gasteiger partial charge in [-0.15, -0.1) is 0 Å². The van der Waals surface area contributed by atoms with Gasteiger partial charge >= 0.3 is 6.18 Å². The number of rotatable bonds is 5. The van der Waals surface area contributed by atoms with Crippen molar-refractivity contribution in [1.29, 1.82) is 0 Å². The number of para-hydroxylation sites is 2. The number of phenolic OH excluding ortho intramolecular Hbond substituents is 1. The molecule has 2 N–H and O–H groups in total. The third kappa shape index (κ3) is 3.69. The molecule has 8 heteroatoms. The number of carbonyl (C=O) groups is 1. The Morgan fingerprint density at radius 3 is 2.67 bits per heavy atom. The summed E-state index contributed by atoms with van der Waals surface area (Å²) in [4.78, 5) is 12.0. The number of hydrogen-bond donors (Lipinski definition) is 2. The van der Waals surface area contributed by atoms with Crippen molar-refractivity contribution in [2.45, 2.75) is 37.9 Å². The van der Waals surface area contributed by atoms with E-state index in [0.29, 0.717) is 5.69 Å². The summed E-state index contributed by atoms with van der Waals surface area (Å²) in [5, 5.41) is 15.7. The van der Waals surface area contributed by atoms with Crippen molar-refractivity contribution in [1.82, 2.24) is 9.78 Å². The Hall–Kier alpha value is -2.51.